The zero-order valence-corrected chi connectivity index (χ0v) is 18.4. The van der Waals surface area contributed by atoms with E-state index in [0.717, 1.165) is 12.1 Å². The number of carbonyl (C=O) groups is 2. The molecule has 1 atom stereocenters. The van der Waals surface area contributed by atoms with Crippen LogP contribution in [0.4, 0.5) is 23.2 Å². The average Bonchev–Trinajstić information content (AvgIpc) is 3.14. The number of carbonyl (C=O) groups excluding carboxylic acids is 2. The summed E-state index contributed by atoms with van der Waals surface area (Å²) < 4.78 is 53.2. The van der Waals surface area contributed by atoms with E-state index in [1.165, 1.54) is 6.07 Å². The molecule has 1 unspecified atom stereocenters. The van der Waals surface area contributed by atoms with Gasteiger partial charge >= 0.3 is 6.18 Å². The van der Waals surface area contributed by atoms with Gasteiger partial charge in [-0.15, -0.1) is 0 Å². The molecule has 2 amide bonds. The van der Waals surface area contributed by atoms with Crippen molar-refractivity contribution >= 4 is 33.4 Å². The summed E-state index contributed by atoms with van der Waals surface area (Å²) in [6, 6.07) is 7.10. The van der Waals surface area contributed by atoms with Crippen LogP contribution >= 0.6 is 15.9 Å². The lowest BCUT2D eigenvalue weighted by Gasteiger charge is -2.17. The van der Waals surface area contributed by atoms with E-state index in [1.54, 1.807) is 12.1 Å². The van der Waals surface area contributed by atoms with Gasteiger partial charge < -0.3 is 16.4 Å². The fraction of sp³-hybridized carbons (Fsp3) is 0.333. The number of anilines is 1. The van der Waals surface area contributed by atoms with Crippen LogP contribution in [0.2, 0.25) is 0 Å². The highest BCUT2D eigenvalue weighted by molar-refractivity contribution is 9.10. The third-order valence-electron chi connectivity index (χ3n) is 5.08. The van der Waals surface area contributed by atoms with Gasteiger partial charge in [0, 0.05) is 41.4 Å². The highest BCUT2D eigenvalue weighted by atomic mass is 79.9. The average molecular weight is 517 g/mol. The molecule has 32 heavy (non-hydrogen) atoms. The van der Waals surface area contributed by atoms with E-state index in [0.29, 0.717) is 42.2 Å². The van der Waals surface area contributed by atoms with Crippen LogP contribution in [-0.4, -0.2) is 42.4 Å². The van der Waals surface area contributed by atoms with Gasteiger partial charge in [0.2, 0.25) is 5.91 Å². The Labute approximate surface area is 190 Å². The Morgan fingerprint density at radius 3 is 2.62 bits per heavy atom. The van der Waals surface area contributed by atoms with E-state index in [1.807, 2.05) is 4.90 Å². The van der Waals surface area contributed by atoms with E-state index in [-0.39, 0.29) is 23.1 Å². The summed E-state index contributed by atoms with van der Waals surface area (Å²) in [6.07, 6.45) is -3.97. The lowest BCUT2D eigenvalue weighted by molar-refractivity contribution is -0.137. The smallest absolute Gasteiger partial charge is 0.398 e. The normalized spacial score (nSPS) is 16.7. The lowest BCUT2D eigenvalue weighted by Crippen LogP contribution is -2.43. The third-order valence-corrected chi connectivity index (χ3v) is 5.57. The van der Waals surface area contributed by atoms with Gasteiger partial charge in [-0.1, -0.05) is 22.0 Å². The first kappa shape index (κ1) is 24.0. The fourth-order valence-corrected chi connectivity index (χ4v) is 3.78. The van der Waals surface area contributed by atoms with Crippen molar-refractivity contribution in [2.45, 2.75) is 25.2 Å². The predicted octanol–water partition coefficient (Wildman–Crippen LogP) is 3.31. The number of alkyl halides is 3. The second-order valence-corrected chi connectivity index (χ2v) is 8.42. The number of halogens is 5. The number of likely N-dealkylation sites (tertiary alicyclic amines) is 1. The van der Waals surface area contributed by atoms with Gasteiger partial charge in [0.25, 0.3) is 5.91 Å². The minimum atomic E-state index is -4.62. The number of nitrogens with one attached hydrogen (secondary N) is 2. The molecule has 0 radical (unpaired) electrons. The van der Waals surface area contributed by atoms with Crippen molar-refractivity contribution < 1.29 is 27.2 Å². The van der Waals surface area contributed by atoms with Crippen molar-refractivity contribution in [3.63, 3.8) is 0 Å². The Morgan fingerprint density at radius 2 is 1.94 bits per heavy atom. The van der Waals surface area contributed by atoms with Crippen molar-refractivity contribution in [1.82, 2.24) is 15.5 Å². The topological polar surface area (TPSA) is 87.5 Å². The first-order valence-electron chi connectivity index (χ1n) is 9.73. The number of benzene rings is 2. The van der Waals surface area contributed by atoms with Crippen LogP contribution in [0, 0.1) is 5.82 Å². The van der Waals surface area contributed by atoms with E-state index in [2.05, 4.69) is 26.6 Å². The van der Waals surface area contributed by atoms with Gasteiger partial charge in [-0.2, -0.15) is 13.2 Å². The standard InChI is InChI=1S/C21H21BrF4N4O2/c22-14-3-1-12(17(23)8-14)10-30-6-5-15(11-30)29-19(31)9-28-20(32)16-7-13(21(24,25)26)2-4-18(16)27/h1-4,7-8,15H,5-6,9-11,27H2,(H,28,32)(H,29,31). The highest BCUT2D eigenvalue weighted by Crippen LogP contribution is 2.31. The number of hydrogen-bond donors (Lipinski definition) is 3. The highest BCUT2D eigenvalue weighted by Gasteiger charge is 2.31. The third kappa shape index (κ3) is 6.19. The molecule has 6 nitrogen and oxygen atoms in total. The number of nitrogens with two attached hydrogens (primary N) is 1. The largest absolute Gasteiger partial charge is 0.416 e. The number of amides is 2. The molecule has 0 spiro atoms. The molecular formula is C21H21BrF4N4O2. The Hall–Kier alpha value is -2.66. The summed E-state index contributed by atoms with van der Waals surface area (Å²) in [5, 5.41) is 5.06. The molecule has 1 saturated heterocycles. The predicted molar refractivity (Wildman–Crippen MR) is 114 cm³/mol. The van der Waals surface area contributed by atoms with Crippen LogP contribution in [0.25, 0.3) is 0 Å². The van der Waals surface area contributed by atoms with Crippen LogP contribution in [-0.2, 0) is 17.5 Å². The minimum absolute atomic E-state index is 0.123. The molecule has 1 aliphatic heterocycles. The second-order valence-electron chi connectivity index (χ2n) is 7.51. The van der Waals surface area contributed by atoms with Gasteiger partial charge in [-0.3, -0.25) is 14.5 Å². The lowest BCUT2D eigenvalue weighted by atomic mass is 10.1. The van der Waals surface area contributed by atoms with Crippen LogP contribution in [0.15, 0.2) is 40.9 Å². The molecule has 1 heterocycles. The van der Waals surface area contributed by atoms with Crippen LogP contribution < -0.4 is 16.4 Å². The van der Waals surface area contributed by atoms with E-state index >= 15 is 0 Å². The molecule has 2 aromatic rings. The van der Waals surface area contributed by atoms with Crippen LogP contribution in [0.1, 0.15) is 27.9 Å². The number of hydrogen-bond acceptors (Lipinski definition) is 4. The molecule has 0 aromatic heterocycles. The van der Waals surface area contributed by atoms with Crippen LogP contribution in [0.5, 0.6) is 0 Å². The molecule has 0 saturated carbocycles. The van der Waals surface area contributed by atoms with Crippen molar-refractivity contribution in [1.29, 1.82) is 0 Å². The Morgan fingerprint density at radius 1 is 1.19 bits per heavy atom. The molecule has 4 N–H and O–H groups in total. The summed E-state index contributed by atoms with van der Waals surface area (Å²) in [7, 11) is 0. The summed E-state index contributed by atoms with van der Waals surface area (Å²) >= 11 is 3.21. The summed E-state index contributed by atoms with van der Waals surface area (Å²) in [5.41, 5.74) is 4.67. The molecule has 172 valence electrons. The summed E-state index contributed by atoms with van der Waals surface area (Å²) in [4.78, 5) is 26.4. The molecular weight excluding hydrogens is 496 g/mol. The van der Waals surface area contributed by atoms with Crippen molar-refractivity contribution in [2.75, 3.05) is 25.4 Å². The number of nitrogen functional groups attached to an aromatic ring is 1. The van der Waals surface area contributed by atoms with Gasteiger partial charge in [0.05, 0.1) is 17.7 Å². The first-order chi connectivity index (χ1) is 15.0. The van der Waals surface area contributed by atoms with E-state index in [4.69, 9.17) is 5.73 Å². The Balaban J connectivity index is 1.49. The maximum atomic E-state index is 14.0. The Bertz CT molecular complexity index is 1020. The van der Waals surface area contributed by atoms with Gasteiger partial charge in [-0.05, 0) is 36.8 Å². The Kier molecular flexibility index (Phi) is 7.40. The van der Waals surface area contributed by atoms with Crippen molar-refractivity contribution in [2.24, 2.45) is 0 Å². The van der Waals surface area contributed by atoms with Crippen molar-refractivity contribution in [3.05, 3.63) is 63.4 Å². The summed E-state index contributed by atoms with van der Waals surface area (Å²) in [5.74, 6) is -1.67. The number of nitrogens with zero attached hydrogens (tertiary/aromatic N) is 1. The zero-order chi connectivity index (χ0) is 23.5. The second kappa shape index (κ2) is 9.86. The SMILES string of the molecule is Nc1ccc(C(F)(F)F)cc1C(=O)NCC(=O)NC1CCN(Cc2ccc(Br)cc2F)C1. The van der Waals surface area contributed by atoms with E-state index < -0.39 is 30.1 Å². The molecule has 2 aromatic carbocycles. The molecule has 1 fully saturated rings. The molecule has 0 aliphatic carbocycles. The van der Waals surface area contributed by atoms with Gasteiger partial charge in [-0.25, -0.2) is 4.39 Å². The summed E-state index contributed by atoms with van der Waals surface area (Å²) in [6.45, 7) is 1.16. The van der Waals surface area contributed by atoms with Crippen LogP contribution in [0.3, 0.4) is 0 Å². The van der Waals surface area contributed by atoms with E-state index in [9.17, 15) is 27.2 Å². The zero-order valence-electron chi connectivity index (χ0n) is 16.8. The van der Waals surface area contributed by atoms with Gasteiger partial charge in [0.15, 0.2) is 0 Å². The maximum Gasteiger partial charge on any atom is 0.416 e. The monoisotopic (exact) mass is 516 g/mol. The first-order valence-corrected chi connectivity index (χ1v) is 10.5. The molecule has 11 heteroatoms. The molecule has 0 bridgehead atoms. The molecule has 3 rings (SSSR count). The quantitative estimate of drug-likeness (QED) is 0.406. The maximum absolute atomic E-state index is 14.0. The minimum Gasteiger partial charge on any atom is -0.398 e. The van der Waals surface area contributed by atoms with Gasteiger partial charge in [0.1, 0.15) is 5.82 Å². The van der Waals surface area contributed by atoms with Crippen molar-refractivity contribution in [3.8, 4) is 0 Å². The number of rotatable bonds is 6. The fourth-order valence-electron chi connectivity index (χ4n) is 3.45. The molecule has 1 aliphatic rings.